The fourth-order valence-corrected chi connectivity index (χ4v) is 2.58. The molecule has 0 aromatic heterocycles. The van der Waals surface area contributed by atoms with Gasteiger partial charge in [0.15, 0.2) is 0 Å². The van der Waals surface area contributed by atoms with Crippen LogP contribution in [-0.2, 0) is 22.6 Å². The number of carbonyl (C=O) groups excluding carboxylic acids is 1. The average molecular weight is 416 g/mol. The van der Waals surface area contributed by atoms with Crippen molar-refractivity contribution in [2.45, 2.75) is 45.4 Å². The molecule has 1 atom stereocenters. The Balaban J connectivity index is 2.24. The van der Waals surface area contributed by atoms with E-state index < -0.39 is 28.6 Å². The minimum absolute atomic E-state index is 0.197. The molecular formula is C21H24N2O7. The molecule has 0 aliphatic heterocycles. The number of non-ortho nitro benzene ring substituents is 1. The summed E-state index contributed by atoms with van der Waals surface area (Å²) >= 11 is 0. The van der Waals surface area contributed by atoms with Gasteiger partial charge in [-0.1, -0.05) is 30.3 Å². The summed E-state index contributed by atoms with van der Waals surface area (Å²) in [6.07, 6.45) is -1.12. The molecule has 0 saturated carbocycles. The first kappa shape index (κ1) is 22.7. The van der Waals surface area contributed by atoms with Crippen LogP contribution in [0.15, 0.2) is 48.5 Å². The zero-order valence-corrected chi connectivity index (χ0v) is 17.0. The maximum absolute atomic E-state index is 12.0. The number of benzene rings is 2. The first-order chi connectivity index (χ1) is 14.0. The summed E-state index contributed by atoms with van der Waals surface area (Å²) in [4.78, 5) is 34.2. The minimum atomic E-state index is -1.36. The van der Waals surface area contributed by atoms with Crippen LogP contribution in [0.4, 0.5) is 10.5 Å². The summed E-state index contributed by atoms with van der Waals surface area (Å²) in [6.45, 7) is 5.15. The number of carboxylic acids is 1. The molecule has 160 valence electrons. The van der Waals surface area contributed by atoms with Crippen molar-refractivity contribution in [2.24, 2.45) is 0 Å². The number of nitro groups is 1. The number of nitro benzene ring substituents is 1. The van der Waals surface area contributed by atoms with E-state index in [0.29, 0.717) is 5.75 Å². The maximum atomic E-state index is 12.0. The van der Waals surface area contributed by atoms with Crippen LogP contribution in [0.5, 0.6) is 5.75 Å². The van der Waals surface area contributed by atoms with Gasteiger partial charge in [0.25, 0.3) is 5.69 Å². The van der Waals surface area contributed by atoms with Crippen molar-refractivity contribution in [1.82, 2.24) is 5.32 Å². The first-order valence-corrected chi connectivity index (χ1v) is 9.21. The normalized spacial score (nSPS) is 12.0. The molecule has 2 aromatic carbocycles. The van der Waals surface area contributed by atoms with E-state index in [1.165, 1.54) is 18.2 Å². The lowest BCUT2D eigenvalue weighted by molar-refractivity contribution is -0.384. The lowest BCUT2D eigenvalue weighted by atomic mass is 10.0. The van der Waals surface area contributed by atoms with Gasteiger partial charge in [0.2, 0.25) is 0 Å². The van der Waals surface area contributed by atoms with Crippen molar-refractivity contribution in [3.63, 3.8) is 0 Å². The van der Waals surface area contributed by atoms with Crippen LogP contribution < -0.4 is 10.1 Å². The Morgan fingerprint density at radius 1 is 1.17 bits per heavy atom. The number of aliphatic carboxylic acids is 1. The van der Waals surface area contributed by atoms with Crippen molar-refractivity contribution in [3.05, 3.63) is 69.8 Å². The standard InChI is InChI=1S/C21H24N2O7/c1-21(2,3)30-20(26)22-17(19(24)25)12-15-11-16(23(27)28)9-10-18(15)29-13-14-7-5-4-6-8-14/h4-11,17H,12-13H2,1-3H3,(H,22,26)(H,24,25). The van der Waals surface area contributed by atoms with E-state index in [1.54, 1.807) is 20.8 Å². The Bertz CT molecular complexity index is 907. The Morgan fingerprint density at radius 2 is 1.83 bits per heavy atom. The number of hydrogen-bond acceptors (Lipinski definition) is 6. The topological polar surface area (TPSA) is 128 Å². The number of alkyl carbamates (subject to hydrolysis) is 1. The van der Waals surface area contributed by atoms with Crippen LogP contribution in [-0.4, -0.2) is 33.7 Å². The van der Waals surface area contributed by atoms with Gasteiger partial charge in [-0.2, -0.15) is 0 Å². The summed E-state index contributed by atoms with van der Waals surface area (Å²) in [6, 6.07) is 11.9. The van der Waals surface area contributed by atoms with Gasteiger partial charge in [0.05, 0.1) is 4.92 Å². The van der Waals surface area contributed by atoms with E-state index in [4.69, 9.17) is 9.47 Å². The molecule has 9 heteroatoms. The van der Waals surface area contributed by atoms with E-state index in [2.05, 4.69) is 5.32 Å². The summed E-state index contributed by atoms with van der Waals surface area (Å²) in [5.74, 6) is -1.01. The Kier molecular flexibility index (Phi) is 7.35. The molecule has 0 heterocycles. The lowest BCUT2D eigenvalue weighted by Crippen LogP contribution is -2.44. The van der Waals surface area contributed by atoms with Gasteiger partial charge in [0.1, 0.15) is 24.0 Å². The molecule has 0 fully saturated rings. The molecule has 2 rings (SSSR count). The highest BCUT2D eigenvalue weighted by Crippen LogP contribution is 2.26. The first-order valence-electron chi connectivity index (χ1n) is 9.21. The number of ether oxygens (including phenoxy) is 2. The second-order valence-corrected chi connectivity index (χ2v) is 7.56. The third-order valence-corrected chi connectivity index (χ3v) is 3.91. The fourth-order valence-electron chi connectivity index (χ4n) is 2.58. The summed E-state index contributed by atoms with van der Waals surface area (Å²) in [5, 5.41) is 23.0. The largest absolute Gasteiger partial charge is 0.489 e. The SMILES string of the molecule is CC(C)(C)OC(=O)NC(Cc1cc([N+](=O)[O-])ccc1OCc1ccccc1)C(=O)O. The average Bonchev–Trinajstić information content (AvgIpc) is 2.65. The molecule has 0 bridgehead atoms. The molecule has 2 N–H and O–H groups in total. The molecule has 30 heavy (non-hydrogen) atoms. The lowest BCUT2D eigenvalue weighted by Gasteiger charge is -2.22. The van der Waals surface area contributed by atoms with E-state index in [1.807, 2.05) is 30.3 Å². The molecule has 0 aliphatic carbocycles. The molecule has 9 nitrogen and oxygen atoms in total. The Morgan fingerprint density at radius 3 is 2.40 bits per heavy atom. The summed E-state index contributed by atoms with van der Waals surface area (Å²) in [5.41, 5.74) is 0.147. The quantitative estimate of drug-likeness (QED) is 0.496. The van der Waals surface area contributed by atoms with E-state index in [-0.39, 0.29) is 24.3 Å². The van der Waals surface area contributed by atoms with E-state index in [9.17, 15) is 24.8 Å². The smallest absolute Gasteiger partial charge is 0.408 e. The third-order valence-electron chi connectivity index (χ3n) is 3.91. The minimum Gasteiger partial charge on any atom is -0.489 e. The predicted molar refractivity (Wildman–Crippen MR) is 108 cm³/mol. The molecule has 2 aromatic rings. The Hall–Kier alpha value is -3.62. The number of carboxylic acid groups (broad SMARTS) is 1. The highest BCUT2D eigenvalue weighted by atomic mass is 16.6. The van der Waals surface area contributed by atoms with Crippen LogP contribution in [0.1, 0.15) is 31.9 Å². The molecule has 0 spiro atoms. The van der Waals surface area contributed by atoms with Crippen LogP contribution in [0, 0.1) is 10.1 Å². The number of nitrogens with one attached hydrogen (secondary N) is 1. The zero-order valence-electron chi connectivity index (χ0n) is 17.0. The molecule has 0 aliphatic rings. The van der Waals surface area contributed by atoms with Gasteiger partial charge in [-0.3, -0.25) is 10.1 Å². The van der Waals surface area contributed by atoms with Crippen LogP contribution in [0.25, 0.3) is 0 Å². The number of rotatable bonds is 8. The summed E-state index contributed by atoms with van der Waals surface area (Å²) in [7, 11) is 0. The second kappa shape index (κ2) is 9.73. The van der Waals surface area contributed by atoms with Crippen LogP contribution in [0.3, 0.4) is 0 Å². The van der Waals surface area contributed by atoms with Gasteiger partial charge >= 0.3 is 12.1 Å². The van der Waals surface area contributed by atoms with Crippen molar-refractivity contribution in [3.8, 4) is 5.75 Å². The maximum Gasteiger partial charge on any atom is 0.408 e. The van der Waals surface area contributed by atoms with Crippen LogP contribution >= 0.6 is 0 Å². The van der Waals surface area contributed by atoms with Crippen molar-refractivity contribution >= 4 is 17.7 Å². The molecular weight excluding hydrogens is 392 g/mol. The van der Waals surface area contributed by atoms with Gasteiger partial charge in [-0.05, 0) is 32.4 Å². The molecule has 1 unspecified atom stereocenters. The number of hydrogen-bond donors (Lipinski definition) is 2. The van der Waals surface area contributed by atoms with Crippen molar-refractivity contribution < 1.29 is 29.1 Å². The van der Waals surface area contributed by atoms with Gasteiger partial charge in [-0.25, -0.2) is 9.59 Å². The summed E-state index contributed by atoms with van der Waals surface area (Å²) < 4.78 is 10.9. The van der Waals surface area contributed by atoms with E-state index in [0.717, 1.165) is 5.56 Å². The third kappa shape index (κ3) is 7.08. The molecule has 0 radical (unpaired) electrons. The van der Waals surface area contributed by atoms with Gasteiger partial charge < -0.3 is 19.9 Å². The van der Waals surface area contributed by atoms with Crippen molar-refractivity contribution in [1.29, 1.82) is 0 Å². The van der Waals surface area contributed by atoms with E-state index >= 15 is 0 Å². The monoisotopic (exact) mass is 416 g/mol. The number of amides is 1. The number of carbonyl (C=O) groups is 2. The second-order valence-electron chi connectivity index (χ2n) is 7.56. The highest BCUT2D eigenvalue weighted by molar-refractivity contribution is 5.80. The van der Waals surface area contributed by atoms with Gasteiger partial charge in [-0.15, -0.1) is 0 Å². The highest BCUT2D eigenvalue weighted by Gasteiger charge is 2.26. The number of nitrogens with zero attached hydrogens (tertiary/aromatic N) is 1. The van der Waals surface area contributed by atoms with Crippen molar-refractivity contribution in [2.75, 3.05) is 0 Å². The van der Waals surface area contributed by atoms with Gasteiger partial charge in [0, 0.05) is 24.1 Å². The van der Waals surface area contributed by atoms with Crippen LogP contribution in [0.2, 0.25) is 0 Å². The zero-order chi connectivity index (χ0) is 22.3. The molecule has 1 amide bonds. The fraction of sp³-hybridized carbons (Fsp3) is 0.333. The Labute approximate surface area is 173 Å². The molecule has 0 saturated heterocycles. The predicted octanol–water partition coefficient (Wildman–Crippen LogP) is 3.69.